The molecule has 0 fully saturated rings. The second-order valence-corrected chi connectivity index (χ2v) is 7.70. The van der Waals surface area contributed by atoms with E-state index >= 15 is 0 Å². The quantitative estimate of drug-likeness (QED) is 0.234. The Morgan fingerprint density at radius 1 is 1.00 bits per heavy atom. The largest absolute Gasteiger partial charge is 0.493 e. The van der Waals surface area contributed by atoms with E-state index in [0.29, 0.717) is 6.61 Å². The lowest BCUT2D eigenvalue weighted by molar-refractivity contribution is 0.271. The number of hydrogen-bond acceptors (Lipinski definition) is 3. The molecule has 1 aromatic heterocycles. The Morgan fingerprint density at radius 3 is 2.60 bits per heavy atom. The van der Waals surface area contributed by atoms with Gasteiger partial charge in [-0.05, 0) is 42.7 Å². The van der Waals surface area contributed by atoms with Gasteiger partial charge in [0.05, 0.1) is 18.1 Å². The molecule has 0 atom stereocenters. The van der Waals surface area contributed by atoms with Gasteiger partial charge >= 0.3 is 0 Å². The third-order valence-electron chi connectivity index (χ3n) is 5.43. The fourth-order valence-electron chi connectivity index (χ4n) is 3.80. The van der Waals surface area contributed by atoms with Crippen molar-refractivity contribution in [3.05, 3.63) is 66.5 Å². The molecule has 0 amide bonds. The molecule has 160 valence electrons. The van der Waals surface area contributed by atoms with Crippen LogP contribution in [-0.4, -0.2) is 16.7 Å². The van der Waals surface area contributed by atoms with Gasteiger partial charge in [-0.3, -0.25) is 0 Å². The molecule has 0 spiro atoms. The number of allylic oxidation sites excluding steroid dienone is 1. The smallest absolute Gasteiger partial charge is 0.161 e. The molecule has 3 rings (SSSR count). The van der Waals surface area contributed by atoms with Gasteiger partial charge in [0.2, 0.25) is 0 Å². The Hall–Kier alpha value is -2.75. The van der Waals surface area contributed by atoms with Crippen LogP contribution in [0.4, 0.5) is 0 Å². The molecule has 0 radical (unpaired) electrons. The van der Waals surface area contributed by atoms with Crippen LogP contribution in [0.15, 0.2) is 55.1 Å². The van der Waals surface area contributed by atoms with Crippen molar-refractivity contribution in [2.24, 2.45) is 0 Å². The summed E-state index contributed by atoms with van der Waals surface area (Å²) in [5, 5.41) is 0. The number of unbranched alkanes of at least 4 members (excludes halogenated alkanes) is 5. The molecule has 0 unspecified atom stereocenters. The van der Waals surface area contributed by atoms with Crippen molar-refractivity contribution >= 4 is 11.0 Å². The zero-order valence-electron chi connectivity index (χ0n) is 18.4. The molecule has 0 saturated heterocycles. The SMILES string of the molecule is C=CCc1ccc(OCc2nc3ccccc3n2CCCCCCCC)c(OC)c1. The maximum atomic E-state index is 6.14. The number of rotatable bonds is 13. The van der Waals surface area contributed by atoms with Crippen molar-refractivity contribution in [2.45, 2.75) is 65.0 Å². The third kappa shape index (κ3) is 5.65. The maximum absolute atomic E-state index is 6.14. The Labute approximate surface area is 180 Å². The number of para-hydroxylation sites is 2. The van der Waals surface area contributed by atoms with E-state index in [1.54, 1.807) is 7.11 Å². The molecule has 0 aliphatic rings. The molecule has 3 aromatic rings. The van der Waals surface area contributed by atoms with E-state index < -0.39 is 0 Å². The van der Waals surface area contributed by atoms with Crippen molar-refractivity contribution in [3.8, 4) is 11.5 Å². The van der Waals surface area contributed by atoms with Gasteiger partial charge in [-0.2, -0.15) is 0 Å². The van der Waals surface area contributed by atoms with Crippen LogP contribution in [-0.2, 0) is 19.6 Å². The third-order valence-corrected chi connectivity index (χ3v) is 5.43. The van der Waals surface area contributed by atoms with Crippen LogP contribution in [0.1, 0.15) is 56.8 Å². The first-order chi connectivity index (χ1) is 14.8. The van der Waals surface area contributed by atoms with Crippen LogP contribution >= 0.6 is 0 Å². The Balaban J connectivity index is 1.71. The fourth-order valence-corrected chi connectivity index (χ4v) is 3.80. The minimum absolute atomic E-state index is 0.418. The van der Waals surface area contributed by atoms with Crippen LogP contribution in [0.25, 0.3) is 11.0 Å². The van der Waals surface area contributed by atoms with Crippen molar-refractivity contribution in [1.82, 2.24) is 9.55 Å². The highest BCUT2D eigenvalue weighted by molar-refractivity contribution is 5.75. The standard InChI is InChI=1S/C26H34N2O2/c1-4-6-7-8-9-12-18-28-23-15-11-10-14-22(23)27-26(28)20-30-24-17-16-21(13-5-2)19-25(24)29-3/h5,10-11,14-17,19H,2,4,6-9,12-13,18,20H2,1,3H3. The van der Waals surface area contributed by atoms with E-state index in [4.69, 9.17) is 14.5 Å². The van der Waals surface area contributed by atoms with E-state index in [2.05, 4.69) is 42.3 Å². The number of ether oxygens (including phenoxy) is 2. The van der Waals surface area contributed by atoms with Crippen molar-refractivity contribution in [3.63, 3.8) is 0 Å². The normalized spacial score (nSPS) is 11.0. The van der Waals surface area contributed by atoms with Gasteiger partial charge in [0.25, 0.3) is 0 Å². The van der Waals surface area contributed by atoms with E-state index in [1.807, 2.05) is 24.3 Å². The molecule has 4 heteroatoms. The zero-order chi connectivity index (χ0) is 21.2. The first kappa shape index (κ1) is 21.9. The number of methoxy groups -OCH3 is 1. The van der Waals surface area contributed by atoms with Gasteiger partial charge < -0.3 is 14.0 Å². The van der Waals surface area contributed by atoms with E-state index in [-0.39, 0.29) is 0 Å². The van der Waals surface area contributed by atoms with Crippen molar-refractivity contribution < 1.29 is 9.47 Å². The predicted molar refractivity (Wildman–Crippen MR) is 124 cm³/mol. The van der Waals surface area contributed by atoms with Crippen LogP contribution in [0, 0.1) is 0 Å². The highest BCUT2D eigenvalue weighted by Crippen LogP contribution is 2.29. The molecule has 0 bridgehead atoms. The highest BCUT2D eigenvalue weighted by atomic mass is 16.5. The number of imidazole rings is 1. The Kier molecular flexibility index (Phi) is 8.37. The minimum Gasteiger partial charge on any atom is -0.493 e. The molecule has 1 heterocycles. The van der Waals surface area contributed by atoms with Crippen LogP contribution in [0.3, 0.4) is 0 Å². The van der Waals surface area contributed by atoms with Crippen molar-refractivity contribution in [2.75, 3.05) is 7.11 Å². The number of fused-ring (bicyclic) bond motifs is 1. The van der Waals surface area contributed by atoms with E-state index in [0.717, 1.165) is 47.8 Å². The number of benzene rings is 2. The summed E-state index contributed by atoms with van der Waals surface area (Å²) < 4.78 is 14.0. The van der Waals surface area contributed by atoms with Gasteiger partial charge in [0.1, 0.15) is 12.4 Å². The summed E-state index contributed by atoms with van der Waals surface area (Å²) in [6.07, 6.45) is 10.4. The molecule has 4 nitrogen and oxygen atoms in total. The number of aromatic nitrogens is 2. The summed E-state index contributed by atoms with van der Waals surface area (Å²) in [4.78, 5) is 4.84. The molecule has 0 aliphatic carbocycles. The lowest BCUT2D eigenvalue weighted by Gasteiger charge is -2.13. The summed E-state index contributed by atoms with van der Waals surface area (Å²) in [5.74, 6) is 2.44. The second-order valence-electron chi connectivity index (χ2n) is 7.70. The summed E-state index contributed by atoms with van der Waals surface area (Å²) in [6.45, 7) is 7.45. The average Bonchev–Trinajstić information content (AvgIpc) is 3.13. The summed E-state index contributed by atoms with van der Waals surface area (Å²) >= 11 is 0. The first-order valence-electron chi connectivity index (χ1n) is 11.1. The summed E-state index contributed by atoms with van der Waals surface area (Å²) in [5.41, 5.74) is 3.36. The monoisotopic (exact) mass is 406 g/mol. The number of aryl methyl sites for hydroxylation is 1. The first-order valence-corrected chi connectivity index (χ1v) is 11.1. The molecule has 0 aliphatic heterocycles. The molecule has 0 N–H and O–H groups in total. The van der Waals surface area contributed by atoms with Gasteiger partial charge in [0.15, 0.2) is 11.5 Å². The van der Waals surface area contributed by atoms with Crippen LogP contribution in [0.5, 0.6) is 11.5 Å². The Morgan fingerprint density at radius 2 is 1.80 bits per heavy atom. The van der Waals surface area contributed by atoms with Gasteiger partial charge in [0, 0.05) is 6.54 Å². The molecular formula is C26H34N2O2. The van der Waals surface area contributed by atoms with Gasteiger partial charge in [-0.25, -0.2) is 4.98 Å². The van der Waals surface area contributed by atoms with Gasteiger partial charge in [-0.15, -0.1) is 6.58 Å². The maximum Gasteiger partial charge on any atom is 0.161 e. The molecular weight excluding hydrogens is 372 g/mol. The second kappa shape index (κ2) is 11.4. The van der Waals surface area contributed by atoms with Crippen LogP contribution in [0.2, 0.25) is 0 Å². The fraction of sp³-hybridized carbons (Fsp3) is 0.423. The lowest BCUT2D eigenvalue weighted by Crippen LogP contribution is -2.08. The topological polar surface area (TPSA) is 36.3 Å². The summed E-state index contributed by atoms with van der Waals surface area (Å²) in [7, 11) is 1.67. The highest BCUT2D eigenvalue weighted by Gasteiger charge is 2.13. The molecule has 0 saturated carbocycles. The van der Waals surface area contributed by atoms with Gasteiger partial charge in [-0.1, -0.05) is 63.3 Å². The lowest BCUT2D eigenvalue weighted by atomic mass is 10.1. The average molecular weight is 407 g/mol. The van der Waals surface area contributed by atoms with Crippen molar-refractivity contribution in [1.29, 1.82) is 0 Å². The molecule has 30 heavy (non-hydrogen) atoms. The van der Waals surface area contributed by atoms with E-state index in [9.17, 15) is 0 Å². The number of nitrogens with zero attached hydrogens (tertiary/aromatic N) is 2. The zero-order valence-corrected chi connectivity index (χ0v) is 18.4. The van der Waals surface area contributed by atoms with Crippen LogP contribution < -0.4 is 9.47 Å². The summed E-state index contributed by atoms with van der Waals surface area (Å²) in [6, 6.07) is 14.4. The molecule has 2 aromatic carbocycles. The Bertz CT molecular complexity index is 945. The minimum atomic E-state index is 0.418. The number of hydrogen-bond donors (Lipinski definition) is 0. The van der Waals surface area contributed by atoms with E-state index in [1.165, 1.54) is 37.6 Å². The predicted octanol–water partition coefficient (Wildman–Crippen LogP) is 6.71.